The molecule has 5 rings (SSSR count). The van der Waals surface area contributed by atoms with Gasteiger partial charge >= 0.3 is 12.3 Å². The summed E-state index contributed by atoms with van der Waals surface area (Å²) in [5.41, 5.74) is -4.24. The summed E-state index contributed by atoms with van der Waals surface area (Å²) in [6, 6.07) is 10.4. The highest BCUT2D eigenvalue weighted by Gasteiger charge is 2.43. The smallest absolute Gasteiger partial charge is 0.429 e. The fourth-order valence-electron chi connectivity index (χ4n) is 4.90. The Bertz CT molecular complexity index is 2130. The van der Waals surface area contributed by atoms with Crippen molar-refractivity contribution in [2.75, 3.05) is 0 Å². The van der Waals surface area contributed by atoms with Gasteiger partial charge in [0.25, 0.3) is 0 Å². The molecule has 0 spiro atoms. The second-order valence-electron chi connectivity index (χ2n) is 10.8. The number of halogens is 12. The summed E-state index contributed by atoms with van der Waals surface area (Å²) in [5, 5.41) is 0. The molecule has 0 aromatic heterocycles. The topological polar surface area (TPSA) is 9.23 Å². The normalized spacial score (nSPS) is 11.7. The zero-order chi connectivity index (χ0) is 36.0. The summed E-state index contributed by atoms with van der Waals surface area (Å²) in [5.74, 6) is -7.45. The fourth-order valence-corrected chi connectivity index (χ4v) is 4.90. The van der Waals surface area contributed by atoms with E-state index in [1.807, 2.05) is 0 Å². The number of aryl methyl sites for hydroxylation is 2. The van der Waals surface area contributed by atoms with Crippen LogP contribution in [0, 0.1) is 66.4 Å². The number of alkyl halides is 5. The van der Waals surface area contributed by atoms with Gasteiger partial charge in [0.1, 0.15) is 57.6 Å². The first kappa shape index (κ1) is 34.9. The van der Waals surface area contributed by atoms with Crippen LogP contribution in [0.3, 0.4) is 0 Å². The highest BCUT2D eigenvalue weighted by Crippen LogP contribution is 2.40. The molecule has 5 aromatic rings. The molecule has 13 heteroatoms. The zero-order valence-electron chi connectivity index (χ0n) is 24.9. The van der Waals surface area contributed by atoms with Crippen LogP contribution in [-0.2, 0) is 12.3 Å². The van der Waals surface area contributed by atoms with Crippen LogP contribution in [0.25, 0.3) is 22.3 Å². The van der Waals surface area contributed by atoms with Gasteiger partial charge in [0.05, 0.1) is 5.56 Å². The van der Waals surface area contributed by atoms with Crippen molar-refractivity contribution >= 4 is 0 Å². The maximum absolute atomic E-state index is 15.2. The highest BCUT2D eigenvalue weighted by atomic mass is 19.4. The molecule has 0 unspecified atom stereocenters. The average molecular weight is 695 g/mol. The number of hydrogen-bond acceptors (Lipinski definition) is 1. The first-order valence-electron chi connectivity index (χ1n) is 13.9. The van der Waals surface area contributed by atoms with E-state index in [1.165, 1.54) is 31.2 Å². The van der Waals surface area contributed by atoms with Crippen LogP contribution < -0.4 is 4.74 Å². The van der Waals surface area contributed by atoms with Gasteiger partial charge in [-0.1, -0.05) is 30.0 Å². The van der Waals surface area contributed by atoms with E-state index < -0.39 is 81.0 Å². The molecule has 0 aliphatic rings. The Balaban J connectivity index is 1.41. The van der Waals surface area contributed by atoms with Gasteiger partial charge in [0.2, 0.25) is 0 Å². The van der Waals surface area contributed by atoms with Crippen molar-refractivity contribution < 1.29 is 57.4 Å². The van der Waals surface area contributed by atoms with Gasteiger partial charge in [0.15, 0.2) is 0 Å². The highest BCUT2D eigenvalue weighted by molar-refractivity contribution is 5.69. The minimum atomic E-state index is -5.52. The summed E-state index contributed by atoms with van der Waals surface area (Å²) >= 11 is 0. The molecule has 0 aliphatic carbocycles. The van der Waals surface area contributed by atoms with Gasteiger partial charge in [-0.15, -0.1) is 0 Å². The largest absolute Gasteiger partial charge is 0.432 e. The number of rotatable bonds is 5. The molecule has 0 amide bonds. The van der Waals surface area contributed by atoms with Gasteiger partial charge in [-0.25, -0.2) is 30.7 Å². The molecule has 0 atom stereocenters. The molecule has 0 saturated carbocycles. The predicted octanol–water partition coefficient (Wildman–Crippen LogP) is 11.2. The molecule has 5 aromatic carbocycles. The monoisotopic (exact) mass is 694 g/mol. The standard InChI is InChI=1S/C36H18F12O/c1-17-3-8-24(27(38)9-17)21-7-5-19(26(37)12-21)4-6-20-11-28(39)25(10-18(20)2)22-13-29(40)34(30(41)14-22)36(47,48)49-23-15-31(42)33(32(43)16-23)35(44,45)46/h3,5,7-16H,1-2H3. The van der Waals surface area contributed by atoms with Crippen LogP contribution in [0.4, 0.5) is 52.7 Å². The maximum atomic E-state index is 15.2. The van der Waals surface area contributed by atoms with E-state index in [9.17, 15) is 48.3 Å². The van der Waals surface area contributed by atoms with Gasteiger partial charge in [-0.3, -0.25) is 0 Å². The van der Waals surface area contributed by atoms with Crippen LogP contribution in [0.5, 0.6) is 5.75 Å². The summed E-state index contributed by atoms with van der Waals surface area (Å²) in [4.78, 5) is 0. The summed E-state index contributed by atoms with van der Waals surface area (Å²) in [6.45, 7) is 3.12. The van der Waals surface area contributed by atoms with E-state index >= 15 is 4.39 Å². The van der Waals surface area contributed by atoms with Crippen LogP contribution in [0.2, 0.25) is 0 Å². The Kier molecular flexibility index (Phi) is 9.21. The van der Waals surface area contributed by atoms with Crippen molar-refractivity contribution in [2.24, 2.45) is 0 Å². The molecule has 252 valence electrons. The first-order chi connectivity index (χ1) is 22.9. The first-order valence-corrected chi connectivity index (χ1v) is 13.9. The van der Waals surface area contributed by atoms with Crippen LogP contribution in [-0.4, -0.2) is 0 Å². The second-order valence-corrected chi connectivity index (χ2v) is 10.8. The number of hydrogen-bond donors (Lipinski definition) is 0. The molecule has 1 nitrogen and oxygen atoms in total. The van der Waals surface area contributed by atoms with Crippen molar-refractivity contribution in [1.29, 1.82) is 0 Å². The third kappa shape index (κ3) is 7.23. The fraction of sp³-hybridized carbons (Fsp3) is 0.111. The Morgan fingerprint density at radius 1 is 0.490 bits per heavy atom. The lowest BCUT2D eigenvalue weighted by atomic mass is 9.97. The molecule has 49 heavy (non-hydrogen) atoms. The Morgan fingerprint density at radius 2 is 1.04 bits per heavy atom. The zero-order valence-corrected chi connectivity index (χ0v) is 24.9. The minimum Gasteiger partial charge on any atom is -0.429 e. The predicted molar refractivity (Wildman–Crippen MR) is 155 cm³/mol. The molecular weight excluding hydrogens is 676 g/mol. The third-order valence-corrected chi connectivity index (χ3v) is 7.24. The van der Waals surface area contributed by atoms with E-state index in [1.54, 1.807) is 13.0 Å². The molecule has 0 fully saturated rings. The van der Waals surface area contributed by atoms with Crippen LogP contribution in [0.15, 0.2) is 72.8 Å². The lowest BCUT2D eigenvalue weighted by molar-refractivity contribution is -0.189. The van der Waals surface area contributed by atoms with Crippen molar-refractivity contribution in [3.63, 3.8) is 0 Å². The summed E-state index contributed by atoms with van der Waals surface area (Å²) < 4.78 is 174. The second kappa shape index (κ2) is 12.9. The van der Waals surface area contributed by atoms with Crippen LogP contribution >= 0.6 is 0 Å². The summed E-state index contributed by atoms with van der Waals surface area (Å²) in [6.07, 6.45) is -10.5. The third-order valence-electron chi connectivity index (χ3n) is 7.24. The van der Waals surface area contributed by atoms with Gasteiger partial charge in [0, 0.05) is 28.8 Å². The van der Waals surface area contributed by atoms with Crippen molar-refractivity contribution in [2.45, 2.75) is 26.1 Å². The van der Waals surface area contributed by atoms with E-state index in [-0.39, 0.29) is 39.9 Å². The number of ether oxygens (including phenoxy) is 1. The van der Waals surface area contributed by atoms with E-state index in [0.717, 1.165) is 18.2 Å². The SMILES string of the molecule is Cc1ccc(-c2ccc(C#Cc3cc(F)c(-c4cc(F)c(C(F)(F)Oc5cc(F)c(C(F)(F)F)c(F)c5)c(F)c4)cc3C)c(F)c2)c(F)c1. The molecule has 0 heterocycles. The van der Waals surface area contributed by atoms with Gasteiger partial charge in [-0.05, 0) is 78.6 Å². The maximum Gasteiger partial charge on any atom is 0.432 e. The number of benzene rings is 5. The lowest BCUT2D eigenvalue weighted by Crippen LogP contribution is -2.25. The Hall–Kier alpha value is -5.38. The van der Waals surface area contributed by atoms with Gasteiger partial charge < -0.3 is 4.74 Å². The van der Waals surface area contributed by atoms with E-state index in [2.05, 4.69) is 16.6 Å². The molecule has 0 radical (unpaired) electrons. The summed E-state index contributed by atoms with van der Waals surface area (Å²) in [7, 11) is 0. The van der Waals surface area contributed by atoms with Crippen LogP contribution in [0.1, 0.15) is 33.4 Å². The molecule has 0 saturated heterocycles. The Labute approximate surface area is 270 Å². The van der Waals surface area contributed by atoms with Gasteiger partial charge in [-0.2, -0.15) is 22.0 Å². The average Bonchev–Trinajstić information content (AvgIpc) is 2.96. The molecule has 0 bridgehead atoms. The Morgan fingerprint density at radius 3 is 1.61 bits per heavy atom. The van der Waals surface area contributed by atoms with Crippen molar-refractivity contribution in [1.82, 2.24) is 0 Å². The van der Waals surface area contributed by atoms with Crippen molar-refractivity contribution in [3.05, 3.63) is 147 Å². The minimum absolute atomic E-state index is 0.0304. The van der Waals surface area contributed by atoms with E-state index in [4.69, 9.17) is 0 Å². The van der Waals surface area contributed by atoms with E-state index in [0.29, 0.717) is 17.7 Å². The lowest BCUT2D eigenvalue weighted by Gasteiger charge is -2.21. The molecule has 0 aliphatic heterocycles. The molecule has 0 N–H and O–H groups in total. The van der Waals surface area contributed by atoms with Crippen molar-refractivity contribution in [3.8, 4) is 39.8 Å². The molecular formula is C36H18F12O. The quantitative estimate of drug-likeness (QED) is 0.131.